The Morgan fingerprint density at radius 3 is 2.94 bits per heavy atom. The van der Waals surface area contributed by atoms with Crippen LogP contribution < -0.4 is 0 Å². The van der Waals surface area contributed by atoms with Gasteiger partial charge in [-0.25, -0.2) is 9.97 Å². The topological polar surface area (TPSA) is 25.8 Å². The summed E-state index contributed by atoms with van der Waals surface area (Å²) in [5, 5.41) is 0.868. The van der Waals surface area contributed by atoms with Crippen molar-refractivity contribution in [2.24, 2.45) is 0 Å². The van der Waals surface area contributed by atoms with Gasteiger partial charge in [0.05, 0.1) is 15.7 Å². The van der Waals surface area contributed by atoms with E-state index in [1.165, 1.54) is 9.58 Å². The van der Waals surface area contributed by atoms with Crippen molar-refractivity contribution >= 4 is 32.9 Å². The predicted molar refractivity (Wildman–Crippen MR) is 72.5 cm³/mol. The van der Waals surface area contributed by atoms with Crippen LogP contribution in [0.3, 0.4) is 0 Å². The summed E-state index contributed by atoms with van der Waals surface area (Å²) in [7, 11) is 0. The lowest BCUT2D eigenvalue weighted by atomic mass is 10.2. The van der Waals surface area contributed by atoms with E-state index in [1.807, 2.05) is 30.8 Å². The number of rotatable bonds is 0. The van der Waals surface area contributed by atoms with E-state index in [0.717, 1.165) is 16.1 Å². The second-order valence-corrected chi connectivity index (χ2v) is 5.68. The fraction of sp³-hybridized carbons (Fsp3) is 0.0769. The molecule has 0 aliphatic carbocycles. The standard InChI is InChI=1S/C13H8N2S2/c1-9-7-14-13(17-9)5-3-10-2-4-11-12(6-10)16-8-15-11/h2,4,6-8H,1H3. The number of hydrogen-bond donors (Lipinski definition) is 0. The molecule has 0 aliphatic heterocycles. The number of fused-ring (bicyclic) bond motifs is 1. The fourth-order valence-corrected chi connectivity index (χ4v) is 2.81. The van der Waals surface area contributed by atoms with Crippen molar-refractivity contribution in [2.45, 2.75) is 6.92 Å². The normalized spacial score (nSPS) is 10.2. The van der Waals surface area contributed by atoms with Crippen LogP contribution in [0.1, 0.15) is 15.4 Å². The maximum absolute atomic E-state index is 4.24. The van der Waals surface area contributed by atoms with Gasteiger partial charge in [0.15, 0.2) is 5.01 Å². The predicted octanol–water partition coefficient (Wildman–Crippen LogP) is 3.46. The second kappa shape index (κ2) is 4.28. The Morgan fingerprint density at radius 1 is 1.18 bits per heavy atom. The highest BCUT2D eigenvalue weighted by Crippen LogP contribution is 2.18. The summed E-state index contributed by atoms with van der Waals surface area (Å²) in [6.07, 6.45) is 1.85. The SMILES string of the molecule is Cc1cnc(C#Cc2ccc3ncsc3c2)s1. The summed E-state index contributed by atoms with van der Waals surface area (Å²) in [4.78, 5) is 9.65. The van der Waals surface area contributed by atoms with Crippen molar-refractivity contribution in [3.05, 3.63) is 45.4 Å². The van der Waals surface area contributed by atoms with Gasteiger partial charge < -0.3 is 0 Å². The van der Waals surface area contributed by atoms with E-state index in [4.69, 9.17) is 0 Å². The number of benzene rings is 1. The third-order valence-electron chi connectivity index (χ3n) is 2.27. The van der Waals surface area contributed by atoms with Crippen LogP contribution in [0.15, 0.2) is 29.9 Å². The molecular weight excluding hydrogens is 248 g/mol. The van der Waals surface area contributed by atoms with Crippen LogP contribution >= 0.6 is 22.7 Å². The van der Waals surface area contributed by atoms with E-state index in [-0.39, 0.29) is 0 Å². The molecule has 0 fully saturated rings. The minimum Gasteiger partial charge on any atom is -0.245 e. The number of nitrogens with zero attached hydrogens (tertiary/aromatic N) is 2. The van der Waals surface area contributed by atoms with E-state index in [9.17, 15) is 0 Å². The third-order valence-corrected chi connectivity index (χ3v) is 3.89. The zero-order valence-corrected chi connectivity index (χ0v) is 10.7. The molecule has 0 amide bonds. The zero-order chi connectivity index (χ0) is 11.7. The molecule has 0 aliphatic rings. The molecule has 4 heteroatoms. The maximum Gasteiger partial charge on any atom is 0.167 e. The van der Waals surface area contributed by atoms with Gasteiger partial charge in [0.2, 0.25) is 0 Å². The highest BCUT2D eigenvalue weighted by Gasteiger charge is 1.97. The molecule has 82 valence electrons. The molecule has 17 heavy (non-hydrogen) atoms. The minimum absolute atomic E-state index is 0.868. The molecule has 0 spiro atoms. The summed E-state index contributed by atoms with van der Waals surface area (Å²) in [5.41, 5.74) is 3.90. The third kappa shape index (κ3) is 2.21. The van der Waals surface area contributed by atoms with Crippen LogP contribution in [0.5, 0.6) is 0 Å². The molecular formula is C13H8N2S2. The number of hydrogen-bond acceptors (Lipinski definition) is 4. The van der Waals surface area contributed by atoms with Gasteiger partial charge >= 0.3 is 0 Å². The largest absolute Gasteiger partial charge is 0.245 e. The van der Waals surface area contributed by atoms with Crippen LogP contribution in [0.2, 0.25) is 0 Å². The summed E-state index contributed by atoms with van der Waals surface area (Å²) in [5.74, 6) is 6.21. The molecule has 0 N–H and O–H groups in total. The van der Waals surface area contributed by atoms with Crippen LogP contribution in [-0.4, -0.2) is 9.97 Å². The Labute approximate surface area is 107 Å². The van der Waals surface area contributed by atoms with Gasteiger partial charge in [-0.3, -0.25) is 0 Å². The van der Waals surface area contributed by atoms with Crippen molar-refractivity contribution in [3.8, 4) is 11.8 Å². The van der Waals surface area contributed by atoms with Gasteiger partial charge in [-0.05, 0) is 31.0 Å². The van der Waals surface area contributed by atoms with Crippen LogP contribution in [0, 0.1) is 18.8 Å². The second-order valence-electron chi connectivity index (χ2n) is 3.56. The molecule has 1 aromatic carbocycles. The molecule has 0 saturated heterocycles. The first-order chi connectivity index (χ1) is 8.31. The Hall–Kier alpha value is -1.70. The molecule has 2 nitrogen and oxygen atoms in total. The molecule has 2 heterocycles. The van der Waals surface area contributed by atoms with E-state index in [0.29, 0.717) is 0 Å². The van der Waals surface area contributed by atoms with Gasteiger partial charge in [-0.1, -0.05) is 5.92 Å². The molecule has 0 unspecified atom stereocenters. The van der Waals surface area contributed by atoms with Crippen LogP contribution in [0.4, 0.5) is 0 Å². The first kappa shape index (κ1) is 10.5. The Kier molecular flexibility index (Phi) is 2.63. The fourth-order valence-electron chi connectivity index (χ4n) is 1.47. The average Bonchev–Trinajstić information content (AvgIpc) is 2.94. The summed E-state index contributed by atoms with van der Waals surface area (Å²) in [6.45, 7) is 2.03. The highest BCUT2D eigenvalue weighted by atomic mass is 32.1. The summed E-state index contributed by atoms with van der Waals surface area (Å²) in [6, 6.07) is 6.07. The van der Waals surface area contributed by atoms with Crippen molar-refractivity contribution in [3.63, 3.8) is 0 Å². The zero-order valence-electron chi connectivity index (χ0n) is 9.10. The maximum atomic E-state index is 4.24. The number of aromatic nitrogens is 2. The highest BCUT2D eigenvalue weighted by molar-refractivity contribution is 7.16. The lowest BCUT2D eigenvalue weighted by molar-refractivity contribution is 1.36. The van der Waals surface area contributed by atoms with E-state index in [1.54, 1.807) is 22.7 Å². The van der Waals surface area contributed by atoms with Gasteiger partial charge in [-0.2, -0.15) is 0 Å². The average molecular weight is 256 g/mol. The van der Waals surface area contributed by atoms with Crippen LogP contribution in [0.25, 0.3) is 10.2 Å². The number of thiazole rings is 2. The van der Waals surface area contributed by atoms with Crippen molar-refractivity contribution in [1.82, 2.24) is 9.97 Å². The van der Waals surface area contributed by atoms with Gasteiger partial charge in [0.1, 0.15) is 0 Å². The van der Waals surface area contributed by atoms with Gasteiger partial charge in [-0.15, -0.1) is 22.7 Å². The molecule has 0 radical (unpaired) electrons. The van der Waals surface area contributed by atoms with E-state index in [2.05, 4.69) is 27.9 Å². The molecule has 0 bridgehead atoms. The van der Waals surface area contributed by atoms with Gasteiger partial charge in [0.25, 0.3) is 0 Å². The molecule has 3 rings (SSSR count). The summed E-state index contributed by atoms with van der Waals surface area (Å²) < 4.78 is 1.17. The molecule has 0 atom stereocenters. The van der Waals surface area contributed by atoms with Crippen molar-refractivity contribution in [2.75, 3.05) is 0 Å². The first-order valence-corrected chi connectivity index (χ1v) is 6.78. The molecule has 0 saturated carbocycles. The number of aryl methyl sites for hydroxylation is 1. The van der Waals surface area contributed by atoms with Crippen molar-refractivity contribution in [1.29, 1.82) is 0 Å². The van der Waals surface area contributed by atoms with E-state index >= 15 is 0 Å². The quantitative estimate of drug-likeness (QED) is 0.576. The summed E-state index contributed by atoms with van der Waals surface area (Å²) >= 11 is 3.25. The molecule has 3 aromatic rings. The van der Waals surface area contributed by atoms with Crippen LogP contribution in [-0.2, 0) is 0 Å². The first-order valence-electron chi connectivity index (χ1n) is 5.09. The smallest absolute Gasteiger partial charge is 0.167 e. The Morgan fingerprint density at radius 2 is 2.12 bits per heavy atom. The lowest BCUT2D eigenvalue weighted by Crippen LogP contribution is -1.74. The Bertz CT molecular complexity index is 728. The van der Waals surface area contributed by atoms with E-state index < -0.39 is 0 Å². The molecule has 2 aromatic heterocycles. The van der Waals surface area contributed by atoms with Crippen molar-refractivity contribution < 1.29 is 0 Å². The minimum atomic E-state index is 0.868. The lowest BCUT2D eigenvalue weighted by Gasteiger charge is -1.89. The monoisotopic (exact) mass is 256 g/mol. The van der Waals surface area contributed by atoms with Gasteiger partial charge in [0, 0.05) is 16.6 Å². The Balaban J connectivity index is 1.97.